The van der Waals surface area contributed by atoms with Crippen molar-refractivity contribution in [1.29, 1.82) is 0 Å². The summed E-state index contributed by atoms with van der Waals surface area (Å²) in [5, 5.41) is 31.8. The highest BCUT2D eigenvalue weighted by Gasteiger charge is 2.56. The molecule has 0 aromatic rings. The van der Waals surface area contributed by atoms with Gasteiger partial charge in [0.25, 0.3) is 0 Å². The van der Waals surface area contributed by atoms with E-state index in [1.807, 2.05) is 0 Å². The molecule has 0 spiro atoms. The Morgan fingerprint density at radius 1 is 0.439 bits per heavy atom. The van der Waals surface area contributed by atoms with Crippen LogP contribution in [0.2, 0.25) is 0 Å². The Labute approximate surface area is 393 Å². The maximum atomic E-state index is 13.1. The van der Waals surface area contributed by atoms with Gasteiger partial charge in [-0.1, -0.05) is 168 Å². The first-order valence-electron chi connectivity index (χ1n) is 23.3. The molecule has 1 fully saturated rings. The van der Waals surface area contributed by atoms with Crippen LogP contribution in [0.25, 0.3) is 0 Å². The molecule has 0 radical (unpaired) electrons. The molecule has 0 amide bonds. The Balaban J connectivity index is -0.0000132. The van der Waals surface area contributed by atoms with E-state index in [2.05, 4.69) is 22.9 Å². The lowest BCUT2D eigenvalue weighted by atomic mass is 9.85. The fraction of sp³-hybridized carbons (Fsp3) is 0.951. The Hall–Kier alpha value is -0.970. The summed E-state index contributed by atoms with van der Waals surface area (Å²) < 4.78 is 65.4. The van der Waals surface area contributed by atoms with E-state index in [1.54, 1.807) is 0 Å². The van der Waals surface area contributed by atoms with Gasteiger partial charge in [-0.2, -0.15) is 0 Å². The van der Waals surface area contributed by atoms with Crippen molar-refractivity contribution < 1.29 is 90.6 Å². The quantitative estimate of drug-likeness (QED) is 0.0156. The summed E-state index contributed by atoms with van der Waals surface area (Å²) in [5.74, 6) is -1.28. The van der Waals surface area contributed by atoms with Gasteiger partial charge in [-0.05, 0) is 12.8 Å². The molecule has 22 nitrogen and oxygen atoms in total. The van der Waals surface area contributed by atoms with Gasteiger partial charge in [0.2, 0.25) is 0 Å². The summed E-state index contributed by atoms with van der Waals surface area (Å²) in [7, 11) is -16.6. The standard InChI is InChI=1S/C41H81O19P3.3H3N/c1-3-5-7-9-11-13-15-17-19-21-23-25-27-29-34(42)55-31-33(57-35(43)30-28-26-24-22-20-18-16-14-12-10-8-6-4-2)32-56-63(53,54)60-39-36(44)37(45)40(58-61(47,48)49)41(38(39)46)59-62(50,51)52;;;/h33,36-41,44-46H,3-32H2,1-2H3,(H,53,54)(H2,47,48,49)(H2,50,51,52);3*1H3/t33?,36-,37+,38+,39-,40-,41-;;;/m0.../s1. The van der Waals surface area contributed by atoms with E-state index < -0.39 is 91.3 Å². The second kappa shape index (κ2) is 39.7. The van der Waals surface area contributed by atoms with Crippen molar-refractivity contribution in [2.45, 2.75) is 236 Å². The molecule has 0 aliphatic heterocycles. The van der Waals surface area contributed by atoms with Crippen LogP contribution in [0, 0.1) is 0 Å². The van der Waals surface area contributed by atoms with Crippen molar-refractivity contribution in [3.63, 3.8) is 0 Å². The number of phosphoric acid groups is 3. The number of carbonyl (C=O) groups excluding carboxylic acids is 2. The van der Waals surface area contributed by atoms with Crippen LogP contribution in [0.1, 0.15) is 194 Å². The molecule has 17 N–H and O–H groups in total. The third-order valence-electron chi connectivity index (χ3n) is 10.9. The van der Waals surface area contributed by atoms with Gasteiger partial charge in [-0.3, -0.25) is 27.7 Å². The zero-order valence-electron chi connectivity index (χ0n) is 39.8. The lowest BCUT2D eigenvalue weighted by molar-refractivity contribution is -0.213. The van der Waals surface area contributed by atoms with Crippen molar-refractivity contribution in [2.75, 3.05) is 13.2 Å². The molecule has 66 heavy (non-hydrogen) atoms. The average molecular weight is 1020 g/mol. The largest absolute Gasteiger partial charge is 0.472 e. The summed E-state index contributed by atoms with van der Waals surface area (Å²) in [6.07, 6.45) is 12.7. The number of carbonyl (C=O) groups is 2. The number of hydrogen-bond donors (Lipinski definition) is 11. The van der Waals surface area contributed by atoms with Gasteiger partial charge in [-0.15, -0.1) is 0 Å². The van der Waals surface area contributed by atoms with Gasteiger partial charge in [0.15, 0.2) is 6.10 Å². The highest BCUT2D eigenvalue weighted by Crippen LogP contribution is 2.51. The molecular weight excluding hydrogens is 931 g/mol. The zero-order chi connectivity index (χ0) is 47.2. The van der Waals surface area contributed by atoms with Gasteiger partial charge in [0.05, 0.1) is 6.61 Å². The first-order valence-corrected chi connectivity index (χ1v) is 27.9. The maximum absolute atomic E-state index is 13.1. The van der Waals surface area contributed by atoms with E-state index in [9.17, 15) is 63.1 Å². The van der Waals surface area contributed by atoms with Crippen molar-refractivity contribution >= 4 is 35.4 Å². The Morgan fingerprint density at radius 3 is 1.12 bits per heavy atom. The van der Waals surface area contributed by atoms with Crippen LogP contribution in [0.15, 0.2) is 0 Å². The fourth-order valence-corrected chi connectivity index (χ4v) is 9.50. The summed E-state index contributed by atoms with van der Waals surface area (Å²) >= 11 is 0. The third kappa shape index (κ3) is 35.2. The number of rotatable bonds is 40. The van der Waals surface area contributed by atoms with E-state index in [0.717, 1.165) is 51.4 Å². The molecule has 0 heterocycles. The molecule has 1 aliphatic rings. The monoisotopic (exact) mass is 1020 g/mol. The summed E-state index contributed by atoms with van der Waals surface area (Å²) in [5.41, 5.74) is 0. The predicted molar refractivity (Wildman–Crippen MR) is 249 cm³/mol. The second-order valence-corrected chi connectivity index (χ2v) is 20.5. The van der Waals surface area contributed by atoms with Crippen LogP contribution in [-0.2, 0) is 50.9 Å². The molecule has 0 aromatic carbocycles. The molecular formula is C41H90N3O19P3. The average Bonchev–Trinajstić information content (AvgIpc) is 3.20. The minimum atomic E-state index is -5.59. The fourth-order valence-electron chi connectivity index (χ4n) is 7.41. The molecule has 398 valence electrons. The van der Waals surface area contributed by atoms with Crippen LogP contribution < -0.4 is 18.5 Å². The van der Waals surface area contributed by atoms with Crippen LogP contribution in [0.4, 0.5) is 0 Å². The summed E-state index contributed by atoms with van der Waals surface area (Å²) in [6, 6.07) is 0. The normalized spacial score (nSPS) is 21.1. The lowest BCUT2D eigenvalue weighted by Crippen LogP contribution is -2.65. The molecule has 8 atom stereocenters. The van der Waals surface area contributed by atoms with Crippen LogP contribution in [0.5, 0.6) is 0 Å². The summed E-state index contributed by atoms with van der Waals surface area (Å²) in [6.45, 7) is 2.94. The zero-order valence-corrected chi connectivity index (χ0v) is 42.5. The smallest absolute Gasteiger partial charge is 0.462 e. The minimum absolute atomic E-state index is 0. The molecule has 0 saturated heterocycles. The van der Waals surface area contributed by atoms with Crippen molar-refractivity contribution in [3.8, 4) is 0 Å². The van der Waals surface area contributed by atoms with Gasteiger partial charge < -0.3 is 67.7 Å². The first-order chi connectivity index (χ1) is 29.8. The SMILES string of the molecule is CCCCCCCCCCCCCCCC(=O)OCC(COP(=O)(O)O[C@@H]1[C@@H](O)[C@H](OP(=O)(O)O)[C@@H](OP(=O)(O)O)[C@H](O)[C@@H]1O)OC(=O)CCCCCCCCCCCCCCC.N.N.N. The van der Waals surface area contributed by atoms with Gasteiger partial charge in [-0.25, -0.2) is 13.7 Å². The molecule has 25 heteroatoms. The van der Waals surface area contributed by atoms with E-state index in [-0.39, 0.29) is 31.3 Å². The molecule has 2 unspecified atom stereocenters. The molecule has 1 aliphatic carbocycles. The maximum Gasteiger partial charge on any atom is 0.472 e. The Morgan fingerprint density at radius 2 is 0.758 bits per heavy atom. The minimum Gasteiger partial charge on any atom is -0.462 e. The molecule has 0 aromatic heterocycles. The van der Waals surface area contributed by atoms with E-state index >= 15 is 0 Å². The number of aliphatic hydroxyl groups excluding tert-OH is 3. The number of phosphoric ester groups is 3. The number of unbranched alkanes of at least 4 members (excludes halogenated alkanes) is 24. The highest BCUT2D eigenvalue weighted by molar-refractivity contribution is 7.47. The molecule has 1 rings (SSSR count). The first kappa shape index (κ1) is 69.3. The highest BCUT2D eigenvalue weighted by atomic mass is 31.2. The summed E-state index contributed by atoms with van der Waals surface area (Å²) in [4.78, 5) is 73.1. The third-order valence-corrected chi connectivity index (χ3v) is 12.9. The number of aliphatic hydroxyl groups is 3. The van der Waals surface area contributed by atoms with E-state index in [0.29, 0.717) is 12.8 Å². The van der Waals surface area contributed by atoms with Crippen LogP contribution >= 0.6 is 23.5 Å². The molecule has 1 saturated carbocycles. The number of ether oxygens (including phenoxy) is 2. The van der Waals surface area contributed by atoms with Crippen molar-refractivity contribution in [1.82, 2.24) is 18.5 Å². The van der Waals surface area contributed by atoms with Gasteiger partial charge in [0, 0.05) is 12.8 Å². The van der Waals surface area contributed by atoms with E-state index in [1.165, 1.54) is 103 Å². The predicted octanol–water partition coefficient (Wildman–Crippen LogP) is 8.44. The van der Waals surface area contributed by atoms with E-state index in [4.69, 9.17) is 18.5 Å². The van der Waals surface area contributed by atoms with Gasteiger partial charge in [0.1, 0.15) is 43.2 Å². The number of esters is 2. The van der Waals surface area contributed by atoms with Crippen LogP contribution in [0.3, 0.4) is 0 Å². The van der Waals surface area contributed by atoms with Crippen molar-refractivity contribution in [3.05, 3.63) is 0 Å². The molecule has 0 bridgehead atoms. The lowest BCUT2D eigenvalue weighted by Gasteiger charge is -2.44. The van der Waals surface area contributed by atoms with Crippen LogP contribution in [-0.4, -0.2) is 108 Å². The Bertz CT molecular complexity index is 1360. The second-order valence-electron chi connectivity index (χ2n) is 16.7. The number of hydrogen-bond acceptors (Lipinski definition) is 17. The van der Waals surface area contributed by atoms with Crippen molar-refractivity contribution in [2.24, 2.45) is 0 Å². The van der Waals surface area contributed by atoms with Gasteiger partial charge >= 0.3 is 35.4 Å². The Kier molecular flexibility index (Phi) is 41.7. The topological polar surface area (TPSA) is 408 Å².